The Morgan fingerprint density at radius 3 is 2.73 bits per heavy atom. The number of fused-ring (bicyclic) bond motifs is 1. The van der Waals surface area contributed by atoms with Gasteiger partial charge in [-0.2, -0.15) is 0 Å². The van der Waals surface area contributed by atoms with E-state index in [0.717, 1.165) is 11.8 Å². The van der Waals surface area contributed by atoms with E-state index in [2.05, 4.69) is 5.10 Å². The minimum atomic E-state index is -0.151. The van der Waals surface area contributed by atoms with Crippen LogP contribution in [0.1, 0.15) is 30.2 Å². The molecule has 0 bridgehead atoms. The molecule has 0 unspecified atom stereocenters. The normalized spacial score (nSPS) is 11.1. The molecule has 2 aromatic rings. The van der Waals surface area contributed by atoms with Crippen LogP contribution in [0.15, 0.2) is 23.0 Å². The van der Waals surface area contributed by atoms with Crippen LogP contribution in [0.4, 0.5) is 0 Å². The summed E-state index contributed by atoms with van der Waals surface area (Å²) in [4.78, 5) is 22.2. The Kier molecular flexibility index (Phi) is 2.19. The number of carbonyl (C=O) groups is 1. The van der Waals surface area contributed by atoms with Crippen LogP contribution in [0, 0.1) is 0 Å². The first-order valence-corrected chi connectivity index (χ1v) is 4.83. The number of H-pyrrole nitrogens is 1. The average Bonchev–Trinajstić information content (AvgIpc) is 2.56. The first-order valence-electron chi connectivity index (χ1n) is 4.83. The fraction of sp³-hybridized carbons (Fsp3) is 0.273. The van der Waals surface area contributed by atoms with Crippen molar-refractivity contribution >= 4 is 17.2 Å². The summed E-state index contributed by atoms with van der Waals surface area (Å²) in [7, 11) is 0. The quantitative estimate of drug-likeness (QED) is 0.757. The predicted molar refractivity (Wildman–Crippen MR) is 58.3 cm³/mol. The maximum absolute atomic E-state index is 11.6. The molecule has 0 spiro atoms. The topological polar surface area (TPSA) is 54.9 Å². The number of benzene rings is 1. The van der Waals surface area contributed by atoms with Gasteiger partial charge in [-0.15, -0.1) is 0 Å². The lowest BCUT2D eigenvalue weighted by molar-refractivity contribution is 0.112. The van der Waals surface area contributed by atoms with E-state index in [-0.39, 0.29) is 11.6 Å². The Balaban J connectivity index is 2.80. The number of rotatable bonds is 2. The highest BCUT2D eigenvalue weighted by Crippen LogP contribution is 2.15. The first kappa shape index (κ1) is 9.71. The molecule has 1 aromatic carbocycles. The maximum atomic E-state index is 11.6. The van der Waals surface area contributed by atoms with E-state index in [9.17, 15) is 9.59 Å². The molecular formula is C11H12N2O2. The van der Waals surface area contributed by atoms with Gasteiger partial charge in [0.05, 0.1) is 10.9 Å². The average molecular weight is 204 g/mol. The lowest BCUT2D eigenvalue weighted by atomic mass is 10.2. The number of nitrogens with one attached hydrogen (secondary N) is 1. The molecule has 0 saturated carbocycles. The van der Waals surface area contributed by atoms with E-state index in [4.69, 9.17) is 0 Å². The Morgan fingerprint density at radius 1 is 1.40 bits per heavy atom. The van der Waals surface area contributed by atoms with Crippen molar-refractivity contribution in [1.82, 2.24) is 9.78 Å². The smallest absolute Gasteiger partial charge is 0.272 e. The summed E-state index contributed by atoms with van der Waals surface area (Å²) in [6.45, 7) is 3.98. The van der Waals surface area contributed by atoms with Gasteiger partial charge >= 0.3 is 0 Å². The highest BCUT2D eigenvalue weighted by molar-refractivity contribution is 5.86. The monoisotopic (exact) mass is 204 g/mol. The molecule has 4 nitrogen and oxygen atoms in total. The summed E-state index contributed by atoms with van der Waals surface area (Å²) in [5.74, 6) is 0. The molecule has 0 atom stereocenters. The van der Waals surface area contributed by atoms with Crippen molar-refractivity contribution < 1.29 is 4.79 Å². The Morgan fingerprint density at radius 2 is 2.13 bits per heavy atom. The van der Waals surface area contributed by atoms with Crippen molar-refractivity contribution in [2.75, 3.05) is 0 Å². The Labute approximate surface area is 86.5 Å². The lowest BCUT2D eigenvalue weighted by Crippen LogP contribution is -2.07. The van der Waals surface area contributed by atoms with Gasteiger partial charge in [0.1, 0.15) is 6.29 Å². The zero-order valence-corrected chi connectivity index (χ0v) is 8.65. The van der Waals surface area contributed by atoms with Crippen LogP contribution in [0.25, 0.3) is 10.9 Å². The van der Waals surface area contributed by atoms with Gasteiger partial charge in [0.25, 0.3) is 5.56 Å². The molecule has 2 rings (SSSR count). The van der Waals surface area contributed by atoms with Crippen LogP contribution in [0.2, 0.25) is 0 Å². The van der Waals surface area contributed by atoms with Gasteiger partial charge in [0.2, 0.25) is 0 Å². The van der Waals surface area contributed by atoms with Gasteiger partial charge in [-0.25, -0.2) is 0 Å². The summed E-state index contributed by atoms with van der Waals surface area (Å²) in [5, 5.41) is 3.31. The molecule has 15 heavy (non-hydrogen) atoms. The molecule has 78 valence electrons. The van der Waals surface area contributed by atoms with Gasteiger partial charge in [-0.05, 0) is 32.0 Å². The second-order valence-electron chi connectivity index (χ2n) is 3.80. The number of carbonyl (C=O) groups excluding carboxylic acids is 1. The Hall–Kier alpha value is -1.84. The van der Waals surface area contributed by atoms with Crippen molar-refractivity contribution in [1.29, 1.82) is 0 Å². The van der Waals surface area contributed by atoms with Gasteiger partial charge in [-0.3, -0.25) is 19.4 Å². The molecule has 4 heteroatoms. The molecule has 0 radical (unpaired) electrons. The molecule has 0 amide bonds. The van der Waals surface area contributed by atoms with Gasteiger partial charge in [0.15, 0.2) is 0 Å². The van der Waals surface area contributed by atoms with Crippen LogP contribution in [-0.4, -0.2) is 16.1 Å². The number of aromatic nitrogens is 2. The van der Waals surface area contributed by atoms with Gasteiger partial charge in [0, 0.05) is 11.6 Å². The van der Waals surface area contributed by atoms with E-state index in [1.165, 1.54) is 0 Å². The fourth-order valence-electron chi connectivity index (χ4n) is 1.66. The minimum absolute atomic E-state index is 0.151. The van der Waals surface area contributed by atoms with Crippen molar-refractivity contribution in [3.63, 3.8) is 0 Å². The van der Waals surface area contributed by atoms with Crippen molar-refractivity contribution in [2.24, 2.45) is 0 Å². The first-order chi connectivity index (χ1) is 7.13. The zero-order valence-electron chi connectivity index (χ0n) is 8.65. The number of aromatic amines is 1. The highest BCUT2D eigenvalue weighted by atomic mass is 16.1. The van der Waals surface area contributed by atoms with Gasteiger partial charge in [-0.1, -0.05) is 0 Å². The number of hydrogen-bond acceptors (Lipinski definition) is 2. The predicted octanol–water partition coefficient (Wildman–Crippen LogP) is 1.72. The second kappa shape index (κ2) is 3.38. The van der Waals surface area contributed by atoms with Crippen LogP contribution in [0.3, 0.4) is 0 Å². The van der Waals surface area contributed by atoms with Crippen molar-refractivity contribution in [3.8, 4) is 0 Å². The highest BCUT2D eigenvalue weighted by Gasteiger charge is 2.08. The van der Waals surface area contributed by atoms with Crippen molar-refractivity contribution in [2.45, 2.75) is 19.9 Å². The van der Waals surface area contributed by atoms with Gasteiger partial charge < -0.3 is 0 Å². The van der Waals surface area contributed by atoms with Crippen molar-refractivity contribution in [3.05, 3.63) is 34.1 Å². The second-order valence-corrected chi connectivity index (χ2v) is 3.80. The summed E-state index contributed by atoms with van der Waals surface area (Å²) < 4.78 is 1.80. The molecule has 1 aromatic heterocycles. The zero-order chi connectivity index (χ0) is 11.0. The summed E-state index contributed by atoms with van der Waals surface area (Å²) in [5.41, 5.74) is 1.21. The number of aldehydes is 1. The fourth-order valence-corrected chi connectivity index (χ4v) is 1.66. The number of hydrogen-bond donors (Lipinski definition) is 1. The molecule has 1 heterocycles. The van der Waals surface area contributed by atoms with Crippen LogP contribution < -0.4 is 5.56 Å². The minimum Gasteiger partial charge on any atom is -0.298 e. The Bertz CT molecular complexity index is 563. The standard InChI is InChI=1S/C11H12N2O2/c1-7(2)13-10-4-3-8(6-14)5-9(10)11(15)12-13/h3-7H,1-2H3,(H,12,15). The van der Waals surface area contributed by atoms with E-state index in [1.54, 1.807) is 22.9 Å². The van der Waals surface area contributed by atoms with Crippen LogP contribution in [-0.2, 0) is 0 Å². The largest absolute Gasteiger partial charge is 0.298 e. The SMILES string of the molecule is CC(C)n1[nH]c(=O)c2cc(C=O)ccc21. The molecule has 0 aliphatic carbocycles. The van der Waals surface area contributed by atoms with Crippen LogP contribution in [0.5, 0.6) is 0 Å². The molecule has 0 aliphatic heterocycles. The summed E-state index contributed by atoms with van der Waals surface area (Å²) >= 11 is 0. The third-order valence-electron chi connectivity index (χ3n) is 2.40. The third-order valence-corrected chi connectivity index (χ3v) is 2.40. The molecule has 0 fully saturated rings. The molecule has 0 aliphatic rings. The van der Waals surface area contributed by atoms with E-state index in [0.29, 0.717) is 10.9 Å². The molecule has 0 saturated heterocycles. The molecule has 1 N–H and O–H groups in total. The van der Waals surface area contributed by atoms with Crippen LogP contribution >= 0.6 is 0 Å². The summed E-state index contributed by atoms with van der Waals surface area (Å²) in [6, 6.07) is 5.30. The van der Waals surface area contributed by atoms with E-state index < -0.39 is 0 Å². The molecular weight excluding hydrogens is 192 g/mol. The third kappa shape index (κ3) is 1.48. The summed E-state index contributed by atoms with van der Waals surface area (Å²) in [6.07, 6.45) is 0.742. The maximum Gasteiger partial charge on any atom is 0.272 e. The van der Waals surface area contributed by atoms with E-state index in [1.807, 2.05) is 13.8 Å². The lowest BCUT2D eigenvalue weighted by Gasteiger charge is -2.07. The van der Waals surface area contributed by atoms with E-state index >= 15 is 0 Å². The number of nitrogens with zero attached hydrogens (tertiary/aromatic N) is 1.